The van der Waals surface area contributed by atoms with Crippen molar-refractivity contribution in [3.63, 3.8) is 0 Å². The molecule has 27 heavy (non-hydrogen) atoms. The van der Waals surface area contributed by atoms with Gasteiger partial charge in [-0.2, -0.15) is 0 Å². The van der Waals surface area contributed by atoms with Crippen LogP contribution in [0.15, 0.2) is 18.2 Å². The lowest BCUT2D eigenvalue weighted by molar-refractivity contribution is -0.134. The van der Waals surface area contributed by atoms with Crippen molar-refractivity contribution in [3.05, 3.63) is 23.8 Å². The van der Waals surface area contributed by atoms with Crippen molar-refractivity contribution in [1.29, 1.82) is 0 Å². The van der Waals surface area contributed by atoms with Gasteiger partial charge >= 0.3 is 0 Å². The number of hydrogen-bond donors (Lipinski definition) is 2. The molecule has 1 fully saturated rings. The molecule has 1 aliphatic rings. The number of rotatable bonds is 5. The van der Waals surface area contributed by atoms with E-state index in [2.05, 4.69) is 10.9 Å². The fourth-order valence-electron chi connectivity index (χ4n) is 2.93. The van der Waals surface area contributed by atoms with Gasteiger partial charge in [-0.3, -0.25) is 25.2 Å². The molecule has 1 aromatic rings. The summed E-state index contributed by atoms with van der Waals surface area (Å²) in [5.74, 6) is -0.170. The lowest BCUT2D eigenvalue weighted by Gasteiger charge is -2.31. The fourth-order valence-corrected chi connectivity index (χ4v) is 2.93. The Balaban J connectivity index is 1.95. The van der Waals surface area contributed by atoms with E-state index in [1.54, 1.807) is 23.1 Å². The number of likely N-dealkylation sites (tertiary alicyclic amines) is 1. The van der Waals surface area contributed by atoms with Crippen LogP contribution in [0.25, 0.3) is 0 Å². The highest BCUT2D eigenvalue weighted by atomic mass is 16.5. The van der Waals surface area contributed by atoms with Crippen LogP contribution in [0.3, 0.4) is 0 Å². The lowest BCUT2D eigenvalue weighted by atomic mass is 9.97. The minimum Gasteiger partial charge on any atom is -0.493 e. The molecule has 2 N–H and O–H groups in total. The van der Waals surface area contributed by atoms with Crippen molar-refractivity contribution in [2.24, 2.45) is 5.92 Å². The Kier molecular flexibility index (Phi) is 7.04. The molecule has 8 nitrogen and oxygen atoms in total. The molecule has 1 aliphatic heterocycles. The van der Waals surface area contributed by atoms with Crippen molar-refractivity contribution in [2.75, 3.05) is 20.2 Å². The third kappa shape index (κ3) is 5.60. The molecule has 0 radical (unpaired) electrons. The van der Waals surface area contributed by atoms with Gasteiger partial charge in [0.1, 0.15) is 0 Å². The van der Waals surface area contributed by atoms with Crippen LogP contribution in [0.1, 0.15) is 44.0 Å². The summed E-state index contributed by atoms with van der Waals surface area (Å²) in [4.78, 5) is 37.7. The molecule has 1 heterocycles. The molecule has 3 amide bonds. The van der Waals surface area contributed by atoms with E-state index < -0.39 is 5.91 Å². The van der Waals surface area contributed by atoms with E-state index in [4.69, 9.17) is 9.47 Å². The number of nitrogens with zero attached hydrogens (tertiary/aromatic N) is 1. The standard InChI is InChI=1S/C19H27N3O5/c1-12(2)27-16-8-7-14(10-17(16)26-4)18(24)20-21-19(25)15-6-5-9-22(11-15)13(3)23/h7-8,10,12,15H,5-6,9,11H2,1-4H3,(H,20,24)(H,21,25)/t15-/m1/s1. The summed E-state index contributed by atoms with van der Waals surface area (Å²) in [6, 6.07) is 4.80. The molecule has 0 aliphatic carbocycles. The van der Waals surface area contributed by atoms with Gasteiger partial charge < -0.3 is 14.4 Å². The normalized spacial score (nSPS) is 16.6. The SMILES string of the molecule is COc1cc(C(=O)NNC(=O)[C@@H]2CCCN(C(C)=O)C2)ccc1OC(C)C. The van der Waals surface area contributed by atoms with E-state index in [1.165, 1.54) is 14.0 Å². The zero-order valence-electron chi connectivity index (χ0n) is 16.2. The van der Waals surface area contributed by atoms with Crippen molar-refractivity contribution in [2.45, 2.75) is 39.7 Å². The van der Waals surface area contributed by atoms with Crippen LogP contribution in [0.5, 0.6) is 11.5 Å². The highest BCUT2D eigenvalue weighted by Gasteiger charge is 2.27. The second kappa shape index (κ2) is 9.25. The number of benzene rings is 1. The maximum Gasteiger partial charge on any atom is 0.269 e. The van der Waals surface area contributed by atoms with Crippen LogP contribution in [0.4, 0.5) is 0 Å². The molecule has 1 saturated heterocycles. The van der Waals surface area contributed by atoms with E-state index in [9.17, 15) is 14.4 Å². The molecule has 0 unspecified atom stereocenters. The predicted octanol–water partition coefficient (Wildman–Crippen LogP) is 1.50. The lowest BCUT2D eigenvalue weighted by Crippen LogP contribution is -2.49. The van der Waals surface area contributed by atoms with Gasteiger partial charge in [0, 0.05) is 25.6 Å². The molecular formula is C19H27N3O5. The van der Waals surface area contributed by atoms with Gasteiger partial charge in [0.2, 0.25) is 11.8 Å². The number of carbonyl (C=O) groups is 3. The van der Waals surface area contributed by atoms with Gasteiger partial charge in [-0.25, -0.2) is 0 Å². The largest absolute Gasteiger partial charge is 0.493 e. The van der Waals surface area contributed by atoms with Crippen molar-refractivity contribution >= 4 is 17.7 Å². The monoisotopic (exact) mass is 377 g/mol. The number of ether oxygens (including phenoxy) is 2. The Bertz CT molecular complexity index is 705. The Hall–Kier alpha value is -2.77. The first-order valence-corrected chi connectivity index (χ1v) is 9.02. The Morgan fingerprint density at radius 1 is 1.19 bits per heavy atom. The maximum absolute atomic E-state index is 12.3. The van der Waals surface area contributed by atoms with E-state index in [0.717, 1.165) is 6.42 Å². The third-order valence-electron chi connectivity index (χ3n) is 4.33. The van der Waals surface area contributed by atoms with Gasteiger partial charge in [0.25, 0.3) is 5.91 Å². The van der Waals surface area contributed by atoms with Crippen LogP contribution >= 0.6 is 0 Å². The van der Waals surface area contributed by atoms with Gasteiger partial charge in [0.05, 0.1) is 19.1 Å². The fraction of sp³-hybridized carbons (Fsp3) is 0.526. The minimum atomic E-state index is -0.461. The van der Waals surface area contributed by atoms with E-state index in [0.29, 0.717) is 36.6 Å². The molecule has 0 saturated carbocycles. The summed E-state index contributed by atoms with van der Waals surface area (Å²) in [6.07, 6.45) is 1.42. The maximum atomic E-state index is 12.3. The number of methoxy groups -OCH3 is 1. The first-order chi connectivity index (χ1) is 12.8. The number of hydrazine groups is 1. The topological polar surface area (TPSA) is 97.0 Å². The number of amides is 3. The van der Waals surface area contributed by atoms with E-state index >= 15 is 0 Å². The van der Waals surface area contributed by atoms with Crippen LogP contribution in [0.2, 0.25) is 0 Å². The number of piperidine rings is 1. The van der Waals surface area contributed by atoms with Crippen LogP contribution in [-0.2, 0) is 9.59 Å². The average Bonchev–Trinajstić information content (AvgIpc) is 2.65. The van der Waals surface area contributed by atoms with Crippen LogP contribution in [-0.4, -0.2) is 48.9 Å². The Morgan fingerprint density at radius 3 is 2.56 bits per heavy atom. The second-order valence-corrected chi connectivity index (χ2v) is 6.78. The summed E-state index contributed by atoms with van der Waals surface area (Å²) in [6.45, 7) is 6.31. The van der Waals surface area contributed by atoms with Gasteiger partial charge in [0.15, 0.2) is 11.5 Å². The number of carbonyl (C=O) groups excluding carboxylic acids is 3. The molecule has 1 aromatic carbocycles. The molecule has 148 valence electrons. The molecule has 0 spiro atoms. The Morgan fingerprint density at radius 2 is 1.93 bits per heavy atom. The summed E-state index contributed by atoms with van der Waals surface area (Å²) in [5.41, 5.74) is 5.19. The Labute approximate surface area is 159 Å². The first-order valence-electron chi connectivity index (χ1n) is 9.02. The van der Waals surface area contributed by atoms with Crippen molar-refractivity contribution in [3.8, 4) is 11.5 Å². The predicted molar refractivity (Wildman–Crippen MR) is 99.3 cm³/mol. The molecule has 1 atom stereocenters. The highest BCUT2D eigenvalue weighted by molar-refractivity contribution is 5.96. The zero-order chi connectivity index (χ0) is 20.0. The van der Waals surface area contributed by atoms with E-state index in [-0.39, 0.29) is 23.8 Å². The van der Waals surface area contributed by atoms with E-state index in [1.807, 2.05) is 13.8 Å². The molecule has 0 aromatic heterocycles. The average molecular weight is 377 g/mol. The van der Waals surface area contributed by atoms with Crippen LogP contribution in [0, 0.1) is 5.92 Å². The van der Waals surface area contributed by atoms with Gasteiger partial charge in [-0.05, 0) is 44.9 Å². The summed E-state index contributed by atoms with van der Waals surface area (Å²) >= 11 is 0. The molecule has 0 bridgehead atoms. The summed E-state index contributed by atoms with van der Waals surface area (Å²) in [7, 11) is 1.50. The summed E-state index contributed by atoms with van der Waals surface area (Å²) in [5, 5.41) is 0. The van der Waals surface area contributed by atoms with Crippen LogP contribution < -0.4 is 20.3 Å². The molecular weight excluding hydrogens is 350 g/mol. The van der Waals surface area contributed by atoms with Gasteiger partial charge in [-0.15, -0.1) is 0 Å². The molecule has 2 rings (SSSR count). The number of hydrogen-bond acceptors (Lipinski definition) is 5. The van der Waals surface area contributed by atoms with Crippen molar-refractivity contribution in [1.82, 2.24) is 15.8 Å². The number of nitrogens with one attached hydrogen (secondary N) is 2. The first kappa shape index (κ1) is 20.5. The quantitative estimate of drug-likeness (QED) is 0.758. The second-order valence-electron chi connectivity index (χ2n) is 6.78. The minimum absolute atomic E-state index is 0.0251. The highest BCUT2D eigenvalue weighted by Crippen LogP contribution is 2.28. The molecule has 8 heteroatoms. The van der Waals surface area contributed by atoms with Gasteiger partial charge in [-0.1, -0.05) is 0 Å². The third-order valence-corrected chi connectivity index (χ3v) is 4.33. The van der Waals surface area contributed by atoms with Crippen molar-refractivity contribution < 1.29 is 23.9 Å². The summed E-state index contributed by atoms with van der Waals surface area (Å²) < 4.78 is 10.9. The smallest absolute Gasteiger partial charge is 0.269 e. The zero-order valence-corrected chi connectivity index (χ0v) is 16.2.